The Bertz CT molecular complexity index is 215. The normalized spacial score (nSPS) is 12.3. The van der Waals surface area contributed by atoms with E-state index in [1.165, 1.54) is 0 Å². The average molecular weight is 234 g/mol. The number of carboxylic acids is 2. The van der Waals surface area contributed by atoms with Gasteiger partial charge in [-0.3, -0.25) is 4.79 Å². The molecule has 0 saturated heterocycles. The van der Waals surface area contributed by atoms with Gasteiger partial charge in [0.05, 0.1) is 6.61 Å². The Morgan fingerprint density at radius 3 is 2.38 bits per heavy atom. The predicted molar refractivity (Wildman–Crippen MR) is 54.9 cm³/mol. The van der Waals surface area contributed by atoms with Crippen LogP contribution in [0.4, 0.5) is 0 Å². The summed E-state index contributed by atoms with van der Waals surface area (Å²) in [7, 11) is 0. The van der Waals surface area contributed by atoms with Crippen LogP contribution in [-0.2, 0) is 19.4 Å². The van der Waals surface area contributed by atoms with E-state index < -0.39 is 18.0 Å². The van der Waals surface area contributed by atoms with Gasteiger partial charge in [0, 0.05) is 6.42 Å². The van der Waals surface area contributed by atoms with Crippen molar-refractivity contribution in [3.05, 3.63) is 0 Å². The van der Waals surface area contributed by atoms with Crippen molar-refractivity contribution in [3.8, 4) is 0 Å². The maximum absolute atomic E-state index is 10.7. The smallest absolute Gasteiger partial charge is 0.336 e. The minimum Gasteiger partial charge on any atom is -0.481 e. The van der Waals surface area contributed by atoms with Gasteiger partial charge in [-0.15, -0.1) is 0 Å². The number of hydrogen-bond acceptors (Lipinski definition) is 4. The van der Waals surface area contributed by atoms with Gasteiger partial charge in [0.2, 0.25) is 0 Å². The molecule has 1 atom stereocenters. The highest BCUT2D eigenvalue weighted by Gasteiger charge is 2.18. The van der Waals surface area contributed by atoms with Gasteiger partial charge in [0.1, 0.15) is 0 Å². The molecular formula is C10H18O6. The first-order chi connectivity index (χ1) is 7.57. The summed E-state index contributed by atoms with van der Waals surface area (Å²) >= 11 is 0. The summed E-state index contributed by atoms with van der Waals surface area (Å²) in [5.74, 6) is -1.90. The molecule has 0 spiro atoms. The zero-order valence-corrected chi connectivity index (χ0v) is 9.35. The van der Waals surface area contributed by atoms with Crippen LogP contribution in [-0.4, -0.2) is 34.9 Å². The zero-order chi connectivity index (χ0) is 12.4. The van der Waals surface area contributed by atoms with E-state index in [1.54, 1.807) is 6.92 Å². The lowest BCUT2D eigenvalue weighted by Crippen LogP contribution is -2.24. The number of aliphatic carboxylic acids is 2. The highest BCUT2D eigenvalue weighted by Crippen LogP contribution is 2.09. The first kappa shape index (κ1) is 14.9. The van der Waals surface area contributed by atoms with Gasteiger partial charge >= 0.3 is 11.9 Å². The lowest BCUT2D eigenvalue weighted by Gasteiger charge is -2.11. The van der Waals surface area contributed by atoms with Crippen LogP contribution in [0.3, 0.4) is 0 Å². The van der Waals surface area contributed by atoms with Crippen molar-refractivity contribution in [1.82, 2.24) is 0 Å². The van der Waals surface area contributed by atoms with Gasteiger partial charge < -0.3 is 10.2 Å². The zero-order valence-electron chi connectivity index (χ0n) is 9.35. The van der Waals surface area contributed by atoms with Crippen molar-refractivity contribution in [2.24, 2.45) is 0 Å². The highest BCUT2D eigenvalue weighted by atomic mass is 17.2. The Hall–Kier alpha value is -1.14. The van der Waals surface area contributed by atoms with E-state index in [0.29, 0.717) is 32.3 Å². The van der Waals surface area contributed by atoms with Crippen molar-refractivity contribution < 1.29 is 29.6 Å². The van der Waals surface area contributed by atoms with E-state index >= 15 is 0 Å². The lowest BCUT2D eigenvalue weighted by atomic mass is 10.1. The molecule has 0 heterocycles. The average Bonchev–Trinajstić information content (AvgIpc) is 2.21. The standard InChI is InChI=1S/C10H18O6/c1-2-15-16-8(10(13)14)6-4-3-5-7-9(11)12/h8H,2-7H2,1H3,(H,11,12)(H,13,14). The number of carbonyl (C=O) groups is 2. The summed E-state index contributed by atoms with van der Waals surface area (Å²) in [4.78, 5) is 30.1. The van der Waals surface area contributed by atoms with Crippen LogP contribution in [0.15, 0.2) is 0 Å². The van der Waals surface area contributed by atoms with Crippen LogP contribution in [0, 0.1) is 0 Å². The van der Waals surface area contributed by atoms with Gasteiger partial charge in [-0.25, -0.2) is 14.6 Å². The molecule has 0 fully saturated rings. The van der Waals surface area contributed by atoms with Gasteiger partial charge in [-0.1, -0.05) is 12.8 Å². The van der Waals surface area contributed by atoms with E-state index in [4.69, 9.17) is 10.2 Å². The van der Waals surface area contributed by atoms with Crippen molar-refractivity contribution in [2.75, 3.05) is 6.61 Å². The molecule has 0 rings (SSSR count). The van der Waals surface area contributed by atoms with E-state index in [-0.39, 0.29) is 6.42 Å². The summed E-state index contributed by atoms with van der Waals surface area (Å²) in [6.07, 6.45) is 1.31. The Labute approximate surface area is 94.1 Å². The molecule has 0 aliphatic carbocycles. The third-order valence-electron chi connectivity index (χ3n) is 1.93. The number of unbranched alkanes of at least 4 members (excludes halogenated alkanes) is 2. The molecule has 0 bridgehead atoms. The monoisotopic (exact) mass is 234 g/mol. The van der Waals surface area contributed by atoms with Crippen molar-refractivity contribution in [1.29, 1.82) is 0 Å². The molecule has 0 saturated carbocycles. The second-order valence-corrected chi connectivity index (χ2v) is 3.32. The molecule has 0 radical (unpaired) electrons. The molecule has 0 aliphatic heterocycles. The summed E-state index contributed by atoms with van der Waals surface area (Å²) in [5, 5.41) is 17.1. The second kappa shape index (κ2) is 9.11. The fourth-order valence-electron chi connectivity index (χ4n) is 1.15. The lowest BCUT2D eigenvalue weighted by molar-refractivity contribution is -0.318. The van der Waals surface area contributed by atoms with Crippen LogP contribution in [0.25, 0.3) is 0 Å². The highest BCUT2D eigenvalue weighted by molar-refractivity contribution is 5.72. The van der Waals surface area contributed by atoms with E-state index in [1.807, 2.05) is 0 Å². The third-order valence-corrected chi connectivity index (χ3v) is 1.93. The Morgan fingerprint density at radius 2 is 1.88 bits per heavy atom. The van der Waals surface area contributed by atoms with Gasteiger partial charge in [-0.2, -0.15) is 0 Å². The fourth-order valence-corrected chi connectivity index (χ4v) is 1.15. The van der Waals surface area contributed by atoms with Crippen LogP contribution in [0.5, 0.6) is 0 Å². The van der Waals surface area contributed by atoms with Crippen LogP contribution in [0.1, 0.15) is 39.0 Å². The number of carboxylic acid groups (broad SMARTS) is 2. The summed E-state index contributed by atoms with van der Waals surface area (Å²) in [6, 6.07) is 0. The Morgan fingerprint density at radius 1 is 1.19 bits per heavy atom. The minimum atomic E-state index is -1.06. The summed E-state index contributed by atoms with van der Waals surface area (Å²) in [6.45, 7) is 1.99. The fraction of sp³-hybridized carbons (Fsp3) is 0.800. The van der Waals surface area contributed by atoms with Crippen molar-refractivity contribution in [2.45, 2.75) is 45.1 Å². The Kier molecular flexibility index (Phi) is 8.46. The molecule has 0 aliphatic rings. The summed E-state index contributed by atoms with van der Waals surface area (Å²) in [5.41, 5.74) is 0. The molecule has 6 heteroatoms. The SMILES string of the molecule is CCOOC(CCCCCC(=O)O)C(=O)O. The van der Waals surface area contributed by atoms with E-state index in [9.17, 15) is 9.59 Å². The van der Waals surface area contributed by atoms with Crippen LogP contribution < -0.4 is 0 Å². The minimum absolute atomic E-state index is 0.115. The molecule has 6 nitrogen and oxygen atoms in total. The quantitative estimate of drug-likeness (QED) is 0.337. The molecule has 2 N–H and O–H groups in total. The first-order valence-electron chi connectivity index (χ1n) is 5.30. The molecule has 94 valence electrons. The summed E-state index contributed by atoms with van der Waals surface area (Å²) < 4.78 is 0. The van der Waals surface area contributed by atoms with Gasteiger partial charge in [0.15, 0.2) is 6.10 Å². The maximum Gasteiger partial charge on any atom is 0.336 e. The largest absolute Gasteiger partial charge is 0.481 e. The van der Waals surface area contributed by atoms with Gasteiger partial charge in [-0.05, 0) is 19.8 Å². The van der Waals surface area contributed by atoms with Crippen molar-refractivity contribution in [3.63, 3.8) is 0 Å². The topological polar surface area (TPSA) is 93.1 Å². The second-order valence-electron chi connectivity index (χ2n) is 3.32. The molecule has 0 aromatic heterocycles. The van der Waals surface area contributed by atoms with E-state index in [2.05, 4.69) is 9.78 Å². The third kappa shape index (κ3) is 8.19. The molecule has 0 aromatic rings. The van der Waals surface area contributed by atoms with Crippen LogP contribution in [0.2, 0.25) is 0 Å². The Balaban J connectivity index is 3.60. The number of rotatable bonds is 10. The molecule has 1 unspecified atom stereocenters. The predicted octanol–water partition coefficient (Wildman–Crippen LogP) is 1.44. The van der Waals surface area contributed by atoms with E-state index in [0.717, 1.165) is 0 Å². The number of hydrogen-bond donors (Lipinski definition) is 2. The maximum atomic E-state index is 10.7. The van der Waals surface area contributed by atoms with Crippen LogP contribution >= 0.6 is 0 Å². The molecule has 0 amide bonds. The van der Waals surface area contributed by atoms with Crippen molar-refractivity contribution >= 4 is 11.9 Å². The molecule has 16 heavy (non-hydrogen) atoms. The molecule has 0 aromatic carbocycles. The molecular weight excluding hydrogens is 216 g/mol. The first-order valence-corrected chi connectivity index (χ1v) is 5.30. The van der Waals surface area contributed by atoms with Gasteiger partial charge in [0.25, 0.3) is 0 Å².